The van der Waals surface area contributed by atoms with Crippen molar-refractivity contribution in [3.05, 3.63) is 52.1 Å². The molecular formula is C12H7BrF2N2OS. The minimum absolute atomic E-state index is 0.0710. The zero-order valence-electron chi connectivity index (χ0n) is 9.36. The van der Waals surface area contributed by atoms with Crippen LogP contribution in [0.15, 0.2) is 34.8 Å². The first-order valence-electron chi connectivity index (χ1n) is 5.06. The van der Waals surface area contributed by atoms with Gasteiger partial charge in [-0.05, 0) is 18.2 Å². The maximum absolute atomic E-state index is 13.5. The van der Waals surface area contributed by atoms with Gasteiger partial charge in [-0.25, -0.2) is 9.37 Å². The zero-order chi connectivity index (χ0) is 14.0. The van der Waals surface area contributed by atoms with E-state index in [0.717, 1.165) is 6.07 Å². The molecule has 98 valence electrons. The fourth-order valence-electron chi connectivity index (χ4n) is 1.33. The van der Waals surface area contributed by atoms with E-state index in [4.69, 9.17) is 22.7 Å². The molecule has 0 amide bonds. The summed E-state index contributed by atoms with van der Waals surface area (Å²) >= 11 is 7.82. The van der Waals surface area contributed by atoms with E-state index in [9.17, 15) is 8.78 Å². The summed E-state index contributed by atoms with van der Waals surface area (Å²) in [7, 11) is 0. The Bertz CT molecular complexity index is 652. The van der Waals surface area contributed by atoms with Crippen molar-refractivity contribution in [1.29, 1.82) is 0 Å². The fraction of sp³-hybridized carbons (Fsp3) is 0. The lowest BCUT2D eigenvalue weighted by Gasteiger charge is -2.08. The smallest absolute Gasteiger partial charge is 0.220 e. The molecule has 0 aliphatic carbocycles. The van der Waals surface area contributed by atoms with Gasteiger partial charge in [0.1, 0.15) is 10.7 Å². The topological polar surface area (TPSA) is 48.1 Å². The molecule has 0 atom stereocenters. The van der Waals surface area contributed by atoms with Crippen LogP contribution in [0.4, 0.5) is 8.78 Å². The normalized spacial score (nSPS) is 10.3. The van der Waals surface area contributed by atoms with Crippen molar-refractivity contribution in [2.75, 3.05) is 0 Å². The van der Waals surface area contributed by atoms with Crippen molar-refractivity contribution in [2.45, 2.75) is 0 Å². The molecule has 0 aliphatic rings. The van der Waals surface area contributed by atoms with Crippen molar-refractivity contribution in [1.82, 2.24) is 4.98 Å². The second kappa shape index (κ2) is 5.58. The molecule has 2 aromatic rings. The van der Waals surface area contributed by atoms with Crippen LogP contribution in [0.2, 0.25) is 0 Å². The van der Waals surface area contributed by atoms with E-state index in [2.05, 4.69) is 20.9 Å². The van der Waals surface area contributed by atoms with Crippen LogP contribution in [0.5, 0.6) is 11.6 Å². The number of nitrogens with zero attached hydrogens (tertiary/aromatic N) is 1. The van der Waals surface area contributed by atoms with Gasteiger partial charge in [0.05, 0.1) is 0 Å². The molecule has 0 saturated carbocycles. The summed E-state index contributed by atoms with van der Waals surface area (Å²) in [5.41, 5.74) is 5.76. The number of nitrogens with two attached hydrogens (primary N) is 1. The summed E-state index contributed by atoms with van der Waals surface area (Å²) < 4.78 is 32.3. The Morgan fingerprint density at radius 3 is 2.74 bits per heavy atom. The molecule has 2 N–H and O–H groups in total. The molecular weight excluding hydrogens is 338 g/mol. The Morgan fingerprint density at radius 2 is 2.05 bits per heavy atom. The van der Waals surface area contributed by atoms with Crippen molar-refractivity contribution < 1.29 is 13.5 Å². The second-order valence-corrected chi connectivity index (χ2v) is 4.88. The number of benzene rings is 1. The Morgan fingerprint density at radius 1 is 1.32 bits per heavy atom. The highest BCUT2D eigenvalue weighted by Crippen LogP contribution is 2.28. The van der Waals surface area contributed by atoms with Crippen LogP contribution in [0, 0.1) is 11.6 Å². The third-order valence-corrected chi connectivity index (χ3v) is 2.82. The van der Waals surface area contributed by atoms with Crippen molar-refractivity contribution in [3.63, 3.8) is 0 Å². The van der Waals surface area contributed by atoms with Gasteiger partial charge < -0.3 is 10.5 Å². The van der Waals surface area contributed by atoms with E-state index in [1.807, 2.05) is 0 Å². The van der Waals surface area contributed by atoms with E-state index < -0.39 is 11.6 Å². The van der Waals surface area contributed by atoms with E-state index in [0.29, 0.717) is 10.2 Å². The monoisotopic (exact) mass is 344 g/mol. The third kappa shape index (κ3) is 3.24. The Hall–Kier alpha value is -1.60. The van der Waals surface area contributed by atoms with E-state index in [-0.39, 0.29) is 16.6 Å². The lowest BCUT2D eigenvalue weighted by Crippen LogP contribution is -2.11. The molecule has 3 nitrogen and oxygen atoms in total. The van der Waals surface area contributed by atoms with Gasteiger partial charge >= 0.3 is 0 Å². The van der Waals surface area contributed by atoms with Crippen LogP contribution in [-0.4, -0.2) is 9.97 Å². The molecule has 0 unspecified atom stereocenters. The van der Waals surface area contributed by atoms with Crippen molar-refractivity contribution in [2.24, 2.45) is 5.73 Å². The van der Waals surface area contributed by atoms with Gasteiger partial charge in [0.15, 0.2) is 11.6 Å². The van der Waals surface area contributed by atoms with Gasteiger partial charge in [0.2, 0.25) is 11.7 Å². The molecule has 0 aliphatic heterocycles. The summed E-state index contributed by atoms with van der Waals surface area (Å²) in [6.07, 6.45) is 0. The highest BCUT2D eigenvalue weighted by atomic mass is 79.9. The highest BCUT2D eigenvalue weighted by Gasteiger charge is 2.13. The highest BCUT2D eigenvalue weighted by molar-refractivity contribution is 9.10. The standard InChI is InChI=1S/C12H7BrF2N2OS/c13-6-4-7(14)11(15)9(5-6)18-10-3-1-2-8(17-10)12(16)19/h1-5H,(H2,16,19). The van der Waals surface area contributed by atoms with Crippen molar-refractivity contribution >= 4 is 33.1 Å². The Kier molecular flexibility index (Phi) is 4.06. The predicted molar refractivity (Wildman–Crippen MR) is 74.3 cm³/mol. The maximum atomic E-state index is 13.5. The number of ether oxygens (including phenoxy) is 1. The fourth-order valence-corrected chi connectivity index (χ4v) is 1.85. The number of hydrogen-bond donors (Lipinski definition) is 1. The summed E-state index contributed by atoms with van der Waals surface area (Å²) in [6.45, 7) is 0. The molecule has 1 aromatic heterocycles. The average molecular weight is 345 g/mol. The molecule has 19 heavy (non-hydrogen) atoms. The number of thiocarbonyl (C=S) groups is 1. The molecule has 0 bridgehead atoms. The molecule has 0 saturated heterocycles. The van der Waals surface area contributed by atoms with Crippen LogP contribution in [-0.2, 0) is 0 Å². The molecule has 1 heterocycles. The SMILES string of the molecule is NC(=S)c1cccc(Oc2cc(Br)cc(F)c2F)n1. The third-order valence-electron chi connectivity index (χ3n) is 2.15. The van der Waals surface area contributed by atoms with E-state index >= 15 is 0 Å². The number of aromatic nitrogens is 1. The molecule has 7 heteroatoms. The van der Waals surface area contributed by atoms with Gasteiger partial charge in [-0.1, -0.05) is 34.2 Å². The van der Waals surface area contributed by atoms with Gasteiger partial charge in [0.25, 0.3) is 0 Å². The van der Waals surface area contributed by atoms with Crippen LogP contribution in [0.25, 0.3) is 0 Å². The quantitative estimate of drug-likeness (QED) is 0.683. The summed E-state index contributed by atoms with van der Waals surface area (Å²) in [5.74, 6) is -2.32. The molecule has 1 aromatic carbocycles. The van der Waals surface area contributed by atoms with E-state index in [1.54, 1.807) is 12.1 Å². The van der Waals surface area contributed by atoms with Crippen LogP contribution >= 0.6 is 28.1 Å². The first-order valence-corrected chi connectivity index (χ1v) is 6.27. The lowest BCUT2D eigenvalue weighted by molar-refractivity contribution is 0.405. The first-order chi connectivity index (χ1) is 8.97. The molecule has 2 rings (SSSR count). The van der Waals surface area contributed by atoms with Gasteiger partial charge in [-0.3, -0.25) is 0 Å². The molecule has 0 radical (unpaired) electrons. The first kappa shape index (κ1) is 13.8. The van der Waals surface area contributed by atoms with Crippen molar-refractivity contribution in [3.8, 4) is 11.6 Å². The Labute approximate surface area is 121 Å². The van der Waals surface area contributed by atoms with Gasteiger partial charge in [0, 0.05) is 10.5 Å². The maximum Gasteiger partial charge on any atom is 0.220 e. The van der Waals surface area contributed by atoms with Crippen LogP contribution in [0.3, 0.4) is 0 Å². The minimum Gasteiger partial charge on any atom is -0.436 e. The number of hydrogen-bond acceptors (Lipinski definition) is 3. The van der Waals surface area contributed by atoms with Gasteiger partial charge in [-0.2, -0.15) is 4.39 Å². The summed E-state index contributed by atoms with van der Waals surface area (Å²) in [4.78, 5) is 4.06. The Balaban J connectivity index is 2.36. The van der Waals surface area contributed by atoms with Gasteiger partial charge in [-0.15, -0.1) is 0 Å². The summed E-state index contributed by atoms with van der Waals surface area (Å²) in [5, 5.41) is 0. The number of pyridine rings is 1. The molecule has 0 spiro atoms. The van der Waals surface area contributed by atoms with E-state index in [1.165, 1.54) is 12.1 Å². The second-order valence-electron chi connectivity index (χ2n) is 3.53. The van der Waals surface area contributed by atoms with Crippen LogP contribution < -0.4 is 10.5 Å². The average Bonchev–Trinajstić information content (AvgIpc) is 2.35. The summed E-state index contributed by atoms with van der Waals surface area (Å²) in [6, 6.07) is 6.98. The minimum atomic E-state index is -1.09. The number of halogens is 3. The molecule has 0 fully saturated rings. The van der Waals surface area contributed by atoms with Crippen LogP contribution in [0.1, 0.15) is 5.69 Å². The predicted octanol–water partition coefficient (Wildman–Crippen LogP) is 3.55. The zero-order valence-corrected chi connectivity index (χ0v) is 11.8. The number of rotatable bonds is 3. The largest absolute Gasteiger partial charge is 0.436 e. The lowest BCUT2D eigenvalue weighted by atomic mass is 10.3.